The van der Waals surface area contributed by atoms with Crippen molar-refractivity contribution in [1.29, 1.82) is 0 Å². The largest absolute Gasteiger partial charge is 0.378 e. The van der Waals surface area contributed by atoms with E-state index in [4.69, 9.17) is 11.6 Å². The van der Waals surface area contributed by atoms with Gasteiger partial charge in [0.15, 0.2) is 11.6 Å². The van der Waals surface area contributed by atoms with Gasteiger partial charge in [0.1, 0.15) is 0 Å². The molecule has 0 bridgehead atoms. The topological polar surface area (TPSA) is 12.0 Å². The highest BCUT2D eigenvalue weighted by Gasteiger charge is 2.09. The number of hydrogen-bond acceptors (Lipinski definition) is 2. The Bertz CT molecular complexity index is 527. The third-order valence-corrected chi connectivity index (χ3v) is 3.74. The van der Waals surface area contributed by atoms with E-state index in [1.807, 2.05) is 19.1 Å². The third kappa shape index (κ3) is 2.96. The van der Waals surface area contributed by atoms with Crippen LogP contribution in [0.1, 0.15) is 17.8 Å². The van der Waals surface area contributed by atoms with Gasteiger partial charge in [-0.15, -0.1) is 11.3 Å². The summed E-state index contributed by atoms with van der Waals surface area (Å²) in [7, 11) is 0. The van der Waals surface area contributed by atoms with Crippen LogP contribution in [0, 0.1) is 11.6 Å². The van der Waals surface area contributed by atoms with Gasteiger partial charge in [-0.3, -0.25) is 0 Å². The van der Waals surface area contributed by atoms with Gasteiger partial charge in [-0.2, -0.15) is 0 Å². The number of rotatable bonds is 3. The molecule has 2 rings (SSSR count). The van der Waals surface area contributed by atoms with Crippen LogP contribution in [-0.4, -0.2) is 0 Å². The zero-order valence-corrected chi connectivity index (χ0v) is 10.6. The second kappa shape index (κ2) is 5.02. The van der Waals surface area contributed by atoms with Crippen LogP contribution in [0.25, 0.3) is 0 Å². The molecule has 17 heavy (non-hydrogen) atoms. The van der Waals surface area contributed by atoms with Crippen molar-refractivity contribution in [2.75, 3.05) is 5.32 Å². The molecule has 0 aliphatic carbocycles. The van der Waals surface area contributed by atoms with Crippen molar-refractivity contribution in [2.45, 2.75) is 13.0 Å². The molecule has 1 atom stereocenters. The molecule has 1 heterocycles. The van der Waals surface area contributed by atoms with Gasteiger partial charge < -0.3 is 5.32 Å². The van der Waals surface area contributed by atoms with E-state index in [0.29, 0.717) is 10.0 Å². The molecule has 0 fully saturated rings. The number of benzene rings is 1. The first kappa shape index (κ1) is 12.3. The Balaban J connectivity index is 2.12. The Morgan fingerprint density at radius 2 is 1.94 bits per heavy atom. The maximum Gasteiger partial charge on any atom is 0.160 e. The average molecular weight is 274 g/mol. The molecule has 0 saturated carbocycles. The molecule has 0 saturated heterocycles. The average Bonchev–Trinajstić information content (AvgIpc) is 2.70. The van der Waals surface area contributed by atoms with Crippen LogP contribution in [0.3, 0.4) is 0 Å². The number of halogens is 3. The number of anilines is 1. The minimum absolute atomic E-state index is 0.00244. The zero-order chi connectivity index (χ0) is 12.4. The van der Waals surface area contributed by atoms with Crippen molar-refractivity contribution in [2.24, 2.45) is 0 Å². The minimum Gasteiger partial charge on any atom is -0.378 e. The predicted molar refractivity (Wildman–Crippen MR) is 67.7 cm³/mol. The van der Waals surface area contributed by atoms with E-state index in [1.165, 1.54) is 17.4 Å². The quantitative estimate of drug-likeness (QED) is 0.843. The van der Waals surface area contributed by atoms with Gasteiger partial charge in [0.05, 0.1) is 10.4 Å². The smallest absolute Gasteiger partial charge is 0.160 e. The van der Waals surface area contributed by atoms with Crippen molar-refractivity contribution in [3.63, 3.8) is 0 Å². The van der Waals surface area contributed by atoms with Gasteiger partial charge in [-0.1, -0.05) is 11.6 Å². The molecule has 0 aliphatic heterocycles. The summed E-state index contributed by atoms with van der Waals surface area (Å²) in [5, 5.41) is 3.08. The monoisotopic (exact) mass is 273 g/mol. The van der Waals surface area contributed by atoms with Gasteiger partial charge in [-0.05, 0) is 31.2 Å². The molecule has 1 nitrogen and oxygen atoms in total. The van der Waals surface area contributed by atoms with E-state index in [-0.39, 0.29) is 6.04 Å². The van der Waals surface area contributed by atoms with Crippen LogP contribution in [0.4, 0.5) is 14.5 Å². The van der Waals surface area contributed by atoms with E-state index in [0.717, 1.165) is 17.0 Å². The van der Waals surface area contributed by atoms with Gasteiger partial charge in [0, 0.05) is 16.6 Å². The standard InChI is InChI=1S/C12H10ClF2NS/c1-7(11-4-5-12(13)17-11)16-8-2-3-9(14)10(15)6-8/h2-7,16H,1H3. The number of nitrogens with one attached hydrogen (secondary N) is 1. The van der Waals surface area contributed by atoms with Crippen molar-refractivity contribution in [3.05, 3.63) is 51.2 Å². The van der Waals surface area contributed by atoms with Crippen LogP contribution in [0.2, 0.25) is 4.34 Å². The molecular weight excluding hydrogens is 264 g/mol. The van der Waals surface area contributed by atoms with E-state index >= 15 is 0 Å². The Morgan fingerprint density at radius 3 is 2.53 bits per heavy atom. The fraction of sp³-hybridized carbons (Fsp3) is 0.167. The Labute approximate surface area is 107 Å². The normalized spacial score (nSPS) is 12.5. The molecule has 1 N–H and O–H groups in total. The second-order valence-corrected chi connectivity index (χ2v) is 5.38. The highest BCUT2D eigenvalue weighted by atomic mass is 35.5. The molecular formula is C12H10ClF2NS. The molecule has 5 heteroatoms. The summed E-state index contributed by atoms with van der Waals surface area (Å²) in [6, 6.07) is 7.46. The highest BCUT2D eigenvalue weighted by Crippen LogP contribution is 2.29. The maximum atomic E-state index is 13.0. The van der Waals surface area contributed by atoms with Gasteiger partial charge in [0.2, 0.25) is 0 Å². The van der Waals surface area contributed by atoms with Crippen LogP contribution in [0.5, 0.6) is 0 Å². The van der Waals surface area contributed by atoms with Crippen LogP contribution in [0.15, 0.2) is 30.3 Å². The number of thiophene rings is 1. The highest BCUT2D eigenvalue weighted by molar-refractivity contribution is 7.16. The summed E-state index contributed by atoms with van der Waals surface area (Å²) in [6.45, 7) is 1.93. The first-order valence-corrected chi connectivity index (χ1v) is 6.22. The van der Waals surface area contributed by atoms with Crippen molar-refractivity contribution >= 4 is 28.6 Å². The maximum absolute atomic E-state index is 13.0. The summed E-state index contributed by atoms with van der Waals surface area (Å²) in [5.41, 5.74) is 0.543. The number of hydrogen-bond donors (Lipinski definition) is 1. The second-order valence-electron chi connectivity index (χ2n) is 3.64. The summed E-state index contributed by atoms with van der Waals surface area (Å²) in [5.74, 6) is -1.70. The van der Waals surface area contributed by atoms with E-state index in [2.05, 4.69) is 5.32 Å². The predicted octanol–water partition coefficient (Wildman–Crippen LogP) is 4.85. The fourth-order valence-electron chi connectivity index (χ4n) is 1.47. The molecule has 1 aromatic carbocycles. The Hall–Kier alpha value is -1.13. The third-order valence-electron chi connectivity index (χ3n) is 2.32. The lowest BCUT2D eigenvalue weighted by Crippen LogP contribution is -2.05. The van der Waals surface area contributed by atoms with Crippen molar-refractivity contribution in [3.8, 4) is 0 Å². The summed E-state index contributed by atoms with van der Waals surface area (Å²) < 4.78 is 26.5. The lowest BCUT2D eigenvalue weighted by molar-refractivity contribution is 0.509. The molecule has 1 unspecified atom stereocenters. The summed E-state index contributed by atoms with van der Waals surface area (Å²) in [4.78, 5) is 1.04. The lowest BCUT2D eigenvalue weighted by Gasteiger charge is -2.13. The van der Waals surface area contributed by atoms with Crippen LogP contribution < -0.4 is 5.32 Å². The van der Waals surface area contributed by atoms with Crippen molar-refractivity contribution in [1.82, 2.24) is 0 Å². The van der Waals surface area contributed by atoms with Gasteiger partial charge in [0.25, 0.3) is 0 Å². The van der Waals surface area contributed by atoms with E-state index in [1.54, 1.807) is 0 Å². The summed E-state index contributed by atoms with van der Waals surface area (Å²) >= 11 is 7.29. The molecule has 0 radical (unpaired) electrons. The summed E-state index contributed by atoms with van der Waals surface area (Å²) in [6.07, 6.45) is 0. The Morgan fingerprint density at radius 1 is 1.18 bits per heavy atom. The molecule has 1 aromatic heterocycles. The van der Waals surface area contributed by atoms with Gasteiger partial charge in [-0.25, -0.2) is 8.78 Å². The molecule has 2 aromatic rings. The van der Waals surface area contributed by atoms with Gasteiger partial charge >= 0.3 is 0 Å². The van der Waals surface area contributed by atoms with E-state index in [9.17, 15) is 8.78 Å². The molecule has 0 aliphatic rings. The zero-order valence-electron chi connectivity index (χ0n) is 9.01. The molecule has 0 spiro atoms. The van der Waals surface area contributed by atoms with Crippen molar-refractivity contribution < 1.29 is 8.78 Å². The lowest BCUT2D eigenvalue weighted by atomic mass is 10.2. The van der Waals surface area contributed by atoms with Crippen LogP contribution >= 0.6 is 22.9 Å². The first-order valence-electron chi connectivity index (χ1n) is 5.03. The van der Waals surface area contributed by atoms with E-state index < -0.39 is 11.6 Å². The first-order chi connectivity index (χ1) is 8.06. The molecule has 90 valence electrons. The minimum atomic E-state index is -0.855. The fourth-order valence-corrected chi connectivity index (χ4v) is 2.53. The Kier molecular flexibility index (Phi) is 3.64. The SMILES string of the molecule is CC(Nc1ccc(F)c(F)c1)c1ccc(Cl)s1. The molecule has 0 amide bonds. The van der Waals surface area contributed by atoms with Crippen LogP contribution in [-0.2, 0) is 0 Å².